The maximum Gasteiger partial charge on any atom is 0.178 e. The van der Waals surface area contributed by atoms with Gasteiger partial charge < -0.3 is 10.2 Å². The van der Waals surface area contributed by atoms with Gasteiger partial charge in [0.15, 0.2) is 9.84 Å². The van der Waals surface area contributed by atoms with Crippen molar-refractivity contribution in [2.75, 3.05) is 38.5 Å². The highest BCUT2D eigenvalue weighted by atomic mass is 32.2. The van der Waals surface area contributed by atoms with Gasteiger partial charge in [0.25, 0.3) is 0 Å². The van der Waals surface area contributed by atoms with Gasteiger partial charge >= 0.3 is 0 Å². The molecule has 1 heterocycles. The average Bonchev–Trinajstić information content (AvgIpc) is 2.77. The van der Waals surface area contributed by atoms with Crippen LogP contribution in [0.25, 0.3) is 0 Å². The maximum atomic E-state index is 12.0. The van der Waals surface area contributed by atoms with E-state index >= 15 is 0 Å². The second-order valence-electron chi connectivity index (χ2n) is 6.01. The third-order valence-corrected chi connectivity index (χ3v) is 6.06. The van der Waals surface area contributed by atoms with Gasteiger partial charge in [-0.1, -0.05) is 19.1 Å². The number of nitrogens with one attached hydrogen (secondary N) is 1. The molecule has 1 fully saturated rings. The fourth-order valence-electron chi connectivity index (χ4n) is 2.88. The molecule has 0 aliphatic carbocycles. The van der Waals surface area contributed by atoms with Gasteiger partial charge in [-0.3, -0.25) is 0 Å². The van der Waals surface area contributed by atoms with Crippen molar-refractivity contribution in [3.8, 4) is 0 Å². The van der Waals surface area contributed by atoms with E-state index in [0.29, 0.717) is 11.3 Å². The van der Waals surface area contributed by atoms with Gasteiger partial charge in [0.1, 0.15) is 0 Å². The molecule has 4 nitrogen and oxygen atoms in total. The summed E-state index contributed by atoms with van der Waals surface area (Å²) in [6.45, 7) is 7.55. The van der Waals surface area contributed by atoms with Crippen molar-refractivity contribution >= 4 is 9.84 Å². The van der Waals surface area contributed by atoms with Gasteiger partial charge in [0.05, 0.1) is 10.6 Å². The molecule has 1 aromatic rings. The monoisotopic (exact) mass is 324 g/mol. The van der Waals surface area contributed by atoms with Crippen molar-refractivity contribution in [1.82, 2.24) is 10.2 Å². The highest BCUT2D eigenvalue weighted by Crippen LogP contribution is 2.14. The number of hydrogen-bond donors (Lipinski definition) is 1. The van der Waals surface area contributed by atoms with Crippen molar-refractivity contribution in [2.24, 2.45) is 0 Å². The van der Waals surface area contributed by atoms with Crippen LogP contribution >= 0.6 is 0 Å². The zero-order valence-electron chi connectivity index (χ0n) is 13.6. The number of nitrogens with zero attached hydrogens (tertiary/aromatic N) is 1. The molecule has 1 saturated heterocycles. The summed E-state index contributed by atoms with van der Waals surface area (Å²) in [6.07, 6.45) is 4.03. The molecule has 5 heteroatoms. The highest BCUT2D eigenvalue weighted by molar-refractivity contribution is 7.91. The molecule has 1 aromatic carbocycles. The van der Waals surface area contributed by atoms with Crippen molar-refractivity contribution in [3.63, 3.8) is 0 Å². The minimum absolute atomic E-state index is 0.231. The second-order valence-corrected chi connectivity index (χ2v) is 8.12. The maximum absolute atomic E-state index is 12.0. The first-order chi connectivity index (χ1) is 10.6. The molecule has 2 rings (SSSR count). The minimum atomic E-state index is -3.08. The van der Waals surface area contributed by atoms with Crippen LogP contribution in [0.1, 0.15) is 31.7 Å². The molecule has 22 heavy (non-hydrogen) atoms. The quantitative estimate of drug-likeness (QED) is 0.834. The van der Waals surface area contributed by atoms with E-state index in [9.17, 15) is 8.42 Å². The lowest BCUT2D eigenvalue weighted by Crippen LogP contribution is -2.29. The Kier molecular flexibility index (Phi) is 6.86. The summed E-state index contributed by atoms with van der Waals surface area (Å²) in [5.74, 6) is 0.231. The molecule has 0 atom stereocenters. The number of aryl methyl sites for hydroxylation is 1. The summed E-state index contributed by atoms with van der Waals surface area (Å²) in [7, 11) is -3.08. The molecule has 0 bridgehead atoms. The molecule has 1 aliphatic heterocycles. The number of rotatable bonds is 7. The Morgan fingerprint density at radius 3 is 2.64 bits per heavy atom. The Morgan fingerprint density at radius 1 is 1.14 bits per heavy atom. The normalized spacial score (nSPS) is 17.3. The largest absolute Gasteiger partial charge is 0.315 e. The van der Waals surface area contributed by atoms with Gasteiger partial charge in [-0.15, -0.1) is 0 Å². The molecular formula is C17H28N2O2S. The van der Waals surface area contributed by atoms with E-state index in [1.54, 1.807) is 12.1 Å². The molecule has 124 valence electrons. The fourth-order valence-corrected chi connectivity index (χ4v) is 4.21. The lowest BCUT2D eigenvalue weighted by Gasteiger charge is -2.19. The standard InChI is InChI=1S/C17H28N2O2S/c1-2-15-22(20,21)17-8-6-16(7-9-17)5-3-12-19-13-4-10-18-11-14-19/h6-9,18H,2-5,10-15H2,1H3. The molecule has 0 saturated carbocycles. The van der Waals surface area contributed by atoms with Gasteiger partial charge in [0, 0.05) is 13.1 Å². The van der Waals surface area contributed by atoms with E-state index in [4.69, 9.17) is 0 Å². The minimum Gasteiger partial charge on any atom is -0.315 e. The van der Waals surface area contributed by atoms with Crippen LogP contribution in [-0.4, -0.2) is 51.8 Å². The Bertz CT molecular complexity index is 532. The van der Waals surface area contributed by atoms with Crippen LogP contribution < -0.4 is 5.32 Å². The molecule has 0 amide bonds. The summed E-state index contributed by atoms with van der Waals surface area (Å²) in [5, 5.41) is 3.42. The van der Waals surface area contributed by atoms with Crippen molar-refractivity contribution in [3.05, 3.63) is 29.8 Å². The summed E-state index contributed by atoms with van der Waals surface area (Å²) in [5.41, 5.74) is 1.23. The summed E-state index contributed by atoms with van der Waals surface area (Å²) < 4.78 is 24.0. The lowest BCUT2D eigenvalue weighted by molar-refractivity contribution is 0.289. The first-order valence-corrected chi connectivity index (χ1v) is 10.0. The average molecular weight is 324 g/mol. The van der Waals surface area contributed by atoms with Crippen LogP contribution in [-0.2, 0) is 16.3 Å². The van der Waals surface area contributed by atoms with Gasteiger partial charge in [0.2, 0.25) is 0 Å². The van der Waals surface area contributed by atoms with E-state index in [2.05, 4.69) is 10.2 Å². The van der Waals surface area contributed by atoms with Crippen molar-refractivity contribution in [1.29, 1.82) is 0 Å². The third-order valence-electron chi connectivity index (χ3n) is 4.13. The summed E-state index contributed by atoms with van der Waals surface area (Å²) in [6, 6.07) is 7.45. The van der Waals surface area contributed by atoms with Crippen molar-refractivity contribution < 1.29 is 8.42 Å². The molecule has 0 spiro atoms. The van der Waals surface area contributed by atoms with Crippen LogP contribution in [0.15, 0.2) is 29.2 Å². The van der Waals surface area contributed by atoms with E-state index < -0.39 is 9.84 Å². The second kappa shape index (κ2) is 8.65. The summed E-state index contributed by atoms with van der Waals surface area (Å²) in [4.78, 5) is 2.97. The van der Waals surface area contributed by atoms with E-state index in [1.807, 2.05) is 19.1 Å². The predicted molar refractivity (Wildman–Crippen MR) is 91.0 cm³/mol. The molecule has 1 aliphatic rings. The first kappa shape index (κ1) is 17.4. The predicted octanol–water partition coefficient (Wildman–Crippen LogP) is 2.10. The van der Waals surface area contributed by atoms with Crippen LogP contribution in [0.3, 0.4) is 0 Å². The Hall–Kier alpha value is -0.910. The van der Waals surface area contributed by atoms with E-state index in [1.165, 1.54) is 18.5 Å². The molecular weight excluding hydrogens is 296 g/mol. The number of hydrogen-bond acceptors (Lipinski definition) is 4. The smallest absolute Gasteiger partial charge is 0.178 e. The topological polar surface area (TPSA) is 49.4 Å². The molecule has 1 N–H and O–H groups in total. The van der Waals surface area contributed by atoms with Gasteiger partial charge in [-0.05, 0) is 63.0 Å². The fraction of sp³-hybridized carbons (Fsp3) is 0.647. The highest BCUT2D eigenvalue weighted by Gasteiger charge is 2.12. The first-order valence-electron chi connectivity index (χ1n) is 8.36. The zero-order valence-corrected chi connectivity index (χ0v) is 14.4. The van der Waals surface area contributed by atoms with Crippen LogP contribution in [0, 0.1) is 0 Å². The molecule has 0 unspecified atom stereocenters. The third kappa shape index (κ3) is 5.38. The number of benzene rings is 1. The van der Waals surface area contributed by atoms with Crippen LogP contribution in [0.2, 0.25) is 0 Å². The Labute approximate surface area is 134 Å². The van der Waals surface area contributed by atoms with E-state index in [-0.39, 0.29) is 5.75 Å². The van der Waals surface area contributed by atoms with Gasteiger partial charge in [-0.25, -0.2) is 8.42 Å². The summed E-state index contributed by atoms with van der Waals surface area (Å²) >= 11 is 0. The van der Waals surface area contributed by atoms with Crippen molar-refractivity contribution in [2.45, 2.75) is 37.5 Å². The van der Waals surface area contributed by atoms with Crippen LogP contribution in [0.5, 0.6) is 0 Å². The molecule has 0 radical (unpaired) electrons. The van der Waals surface area contributed by atoms with Crippen LogP contribution in [0.4, 0.5) is 0 Å². The zero-order chi connectivity index (χ0) is 15.8. The van der Waals surface area contributed by atoms with Gasteiger partial charge in [-0.2, -0.15) is 0 Å². The molecule has 0 aromatic heterocycles. The lowest BCUT2D eigenvalue weighted by atomic mass is 10.1. The van der Waals surface area contributed by atoms with E-state index in [0.717, 1.165) is 39.0 Å². The Balaban J connectivity index is 1.81. The number of sulfone groups is 1. The Morgan fingerprint density at radius 2 is 1.91 bits per heavy atom. The SMILES string of the molecule is CCCS(=O)(=O)c1ccc(CCCN2CCCNCC2)cc1.